The first kappa shape index (κ1) is 25.0. The largest absolute Gasteiger partial charge is 0.457 e. The van der Waals surface area contributed by atoms with Gasteiger partial charge in [-0.2, -0.15) is 13.2 Å². The molecule has 34 heavy (non-hydrogen) atoms. The Morgan fingerprint density at radius 1 is 1.06 bits per heavy atom. The van der Waals surface area contributed by atoms with Crippen LogP contribution in [0.1, 0.15) is 40.9 Å². The first-order chi connectivity index (χ1) is 16.1. The molecule has 0 saturated carbocycles. The molecule has 6 nitrogen and oxygen atoms in total. The van der Waals surface area contributed by atoms with Gasteiger partial charge >= 0.3 is 6.18 Å². The molecule has 3 rings (SSSR count). The van der Waals surface area contributed by atoms with Crippen molar-refractivity contribution in [3.8, 4) is 11.5 Å². The number of hydrogen-bond acceptors (Lipinski definition) is 4. The first-order valence-corrected chi connectivity index (χ1v) is 10.6. The van der Waals surface area contributed by atoms with Crippen molar-refractivity contribution in [2.45, 2.75) is 25.4 Å². The lowest BCUT2D eigenvalue weighted by atomic mass is 9.97. The van der Waals surface area contributed by atoms with Gasteiger partial charge in [0.2, 0.25) is 5.91 Å². The van der Waals surface area contributed by atoms with E-state index in [1.807, 2.05) is 6.92 Å². The Labute approximate surface area is 199 Å². The summed E-state index contributed by atoms with van der Waals surface area (Å²) in [6, 6.07) is 13.4. The second-order valence-electron chi connectivity index (χ2n) is 7.47. The topological polar surface area (TPSA) is 80.3 Å². The zero-order valence-electron chi connectivity index (χ0n) is 18.2. The Kier molecular flexibility index (Phi) is 7.78. The molecule has 2 amide bonds. The van der Waals surface area contributed by atoms with E-state index in [0.29, 0.717) is 11.5 Å². The molecule has 0 radical (unpaired) electrons. The highest BCUT2D eigenvalue weighted by Crippen LogP contribution is 2.36. The predicted molar refractivity (Wildman–Crippen MR) is 122 cm³/mol. The number of nitrogens with zero attached hydrogens (tertiary/aromatic N) is 1. The SMILES string of the molecule is CNC(=O)c1cc(Oc2ccc(C(C)CC(=O)Nc3ccc(Cl)c(C(F)(F)F)c3)cc2)ccn1. The molecular formula is C24H21ClF3N3O3. The highest BCUT2D eigenvalue weighted by molar-refractivity contribution is 6.31. The second kappa shape index (κ2) is 10.6. The van der Waals surface area contributed by atoms with Gasteiger partial charge in [0.25, 0.3) is 5.91 Å². The van der Waals surface area contributed by atoms with E-state index in [4.69, 9.17) is 16.3 Å². The van der Waals surface area contributed by atoms with Crippen molar-refractivity contribution in [1.82, 2.24) is 10.3 Å². The van der Waals surface area contributed by atoms with E-state index in [1.54, 1.807) is 30.3 Å². The molecule has 3 aromatic rings. The van der Waals surface area contributed by atoms with Crippen LogP contribution in [0.25, 0.3) is 0 Å². The van der Waals surface area contributed by atoms with Crippen LogP contribution in [0.3, 0.4) is 0 Å². The van der Waals surface area contributed by atoms with Gasteiger partial charge in [0.05, 0.1) is 10.6 Å². The molecule has 178 valence electrons. The number of pyridine rings is 1. The molecular weight excluding hydrogens is 471 g/mol. The van der Waals surface area contributed by atoms with Crippen LogP contribution in [0.15, 0.2) is 60.8 Å². The minimum absolute atomic E-state index is 0.0196. The molecule has 2 N–H and O–H groups in total. The molecule has 0 aliphatic heterocycles. The lowest BCUT2D eigenvalue weighted by Crippen LogP contribution is -2.18. The summed E-state index contributed by atoms with van der Waals surface area (Å²) in [5, 5.41) is 4.54. The van der Waals surface area contributed by atoms with Crippen LogP contribution < -0.4 is 15.4 Å². The fourth-order valence-electron chi connectivity index (χ4n) is 3.16. The van der Waals surface area contributed by atoms with Crippen molar-refractivity contribution in [2.75, 3.05) is 12.4 Å². The second-order valence-corrected chi connectivity index (χ2v) is 7.88. The Morgan fingerprint density at radius 2 is 1.76 bits per heavy atom. The molecule has 0 spiro atoms. The molecule has 1 aromatic heterocycles. The molecule has 2 aromatic carbocycles. The fourth-order valence-corrected chi connectivity index (χ4v) is 3.38. The number of halogens is 4. The van der Waals surface area contributed by atoms with Gasteiger partial charge in [-0.1, -0.05) is 30.7 Å². The van der Waals surface area contributed by atoms with Gasteiger partial charge in [0, 0.05) is 31.4 Å². The van der Waals surface area contributed by atoms with Crippen LogP contribution in [0.2, 0.25) is 5.02 Å². The lowest BCUT2D eigenvalue weighted by Gasteiger charge is -2.15. The van der Waals surface area contributed by atoms with Gasteiger partial charge in [-0.3, -0.25) is 14.6 Å². The van der Waals surface area contributed by atoms with Crippen LogP contribution in [-0.4, -0.2) is 23.8 Å². The van der Waals surface area contributed by atoms with Crippen molar-refractivity contribution in [1.29, 1.82) is 0 Å². The van der Waals surface area contributed by atoms with Crippen LogP contribution in [0, 0.1) is 0 Å². The first-order valence-electron chi connectivity index (χ1n) is 10.2. The van der Waals surface area contributed by atoms with Gasteiger partial charge in [-0.05, 0) is 47.9 Å². The number of alkyl halides is 3. The van der Waals surface area contributed by atoms with Crippen LogP contribution in [-0.2, 0) is 11.0 Å². The average Bonchev–Trinajstić information content (AvgIpc) is 2.79. The average molecular weight is 492 g/mol. The number of ether oxygens (including phenoxy) is 1. The van der Waals surface area contributed by atoms with Gasteiger partial charge in [-0.15, -0.1) is 0 Å². The van der Waals surface area contributed by atoms with Crippen molar-refractivity contribution < 1.29 is 27.5 Å². The molecule has 0 aliphatic carbocycles. The number of aromatic nitrogens is 1. The van der Waals surface area contributed by atoms with Crippen molar-refractivity contribution >= 4 is 29.1 Å². The highest BCUT2D eigenvalue weighted by atomic mass is 35.5. The minimum Gasteiger partial charge on any atom is -0.457 e. The van der Waals surface area contributed by atoms with E-state index in [0.717, 1.165) is 17.7 Å². The maximum Gasteiger partial charge on any atom is 0.417 e. The Morgan fingerprint density at radius 3 is 2.41 bits per heavy atom. The summed E-state index contributed by atoms with van der Waals surface area (Å²) in [5.41, 5.74) is 0.0769. The summed E-state index contributed by atoms with van der Waals surface area (Å²) >= 11 is 5.61. The zero-order chi connectivity index (χ0) is 24.9. The van der Waals surface area contributed by atoms with Gasteiger partial charge < -0.3 is 15.4 Å². The smallest absolute Gasteiger partial charge is 0.417 e. The van der Waals surface area contributed by atoms with Crippen molar-refractivity contribution in [3.05, 3.63) is 82.6 Å². The van der Waals surface area contributed by atoms with Crippen LogP contribution in [0.4, 0.5) is 18.9 Å². The van der Waals surface area contributed by atoms with Crippen molar-refractivity contribution in [3.63, 3.8) is 0 Å². The third kappa shape index (κ3) is 6.48. The summed E-state index contributed by atoms with van der Waals surface area (Å²) in [7, 11) is 1.51. The predicted octanol–water partition coefficient (Wildman–Crippen LogP) is 6.04. The van der Waals surface area contributed by atoms with E-state index in [2.05, 4.69) is 15.6 Å². The zero-order valence-corrected chi connectivity index (χ0v) is 19.0. The normalized spacial score (nSPS) is 12.1. The standard InChI is InChI=1S/C24H21ClF3N3O3/c1-14(11-22(32)31-16-5-8-20(25)19(12-16)24(26,27)28)15-3-6-17(7-4-15)34-18-9-10-30-21(13-18)23(33)29-2/h3-10,12-14H,11H2,1-2H3,(H,29,33)(H,31,32). The molecule has 0 bridgehead atoms. The van der Waals surface area contributed by atoms with E-state index in [1.165, 1.54) is 25.4 Å². The molecule has 0 aliphatic rings. The summed E-state index contributed by atoms with van der Waals surface area (Å²) in [5.74, 6) is -0.00240. The maximum absolute atomic E-state index is 13.0. The fraction of sp³-hybridized carbons (Fsp3) is 0.208. The number of benzene rings is 2. The maximum atomic E-state index is 13.0. The number of anilines is 1. The Bertz CT molecular complexity index is 1180. The number of carbonyl (C=O) groups is 2. The molecule has 1 unspecified atom stereocenters. The molecule has 1 heterocycles. The van der Waals surface area contributed by atoms with Crippen LogP contribution >= 0.6 is 11.6 Å². The van der Waals surface area contributed by atoms with E-state index >= 15 is 0 Å². The van der Waals surface area contributed by atoms with E-state index < -0.39 is 22.7 Å². The number of hydrogen-bond donors (Lipinski definition) is 2. The van der Waals surface area contributed by atoms with Gasteiger partial charge in [0.15, 0.2) is 0 Å². The summed E-state index contributed by atoms with van der Waals surface area (Å²) in [4.78, 5) is 28.0. The number of nitrogens with one attached hydrogen (secondary N) is 2. The Balaban J connectivity index is 1.61. The number of carbonyl (C=O) groups excluding carboxylic acids is 2. The monoisotopic (exact) mass is 491 g/mol. The van der Waals surface area contributed by atoms with E-state index in [9.17, 15) is 22.8 Å². The third-order valence-electron chi connectivity index (χ3n) is 4.92. The minimum atomic E-state index is -4.62. The van der Waals surface area contributed by atoms with Gasteiger partial charge in [-0.25, -0.2) is 0 Å². The summed E-state index contributed by atoms with van der Waals surface area (Å²) in [6.07, 6.45) is -3.09. The van der Waals surface area contributed by atoms with Gasteiger partial charge in [0.1, 0.15) is 17.2 Å². The molecule has 0 fully saturated rings. The molecule has 10 heteroatoms. The van der Waals surface area contributed by atoms with E-state index in [-0.39, 0.29) is 29.6 Å². The number of rotatable bonds is 7. The van der Waals surface area contributed by atoms with Crippen LogP contribution in [0.5, 0.6) is 11.5 Å². The highest BCUT2D eigenvalue weighted by Gasteiger charge is 2.33. The lowest BCUT2D eigenvalue weighted by molar-refractivity contribution is -0.137. The number of amides is 2. The van der Waals surface area contributed by atoms with Crippen molar-refractivity contribution in [2.24, 2.45) is 0 Å². The Hall–Kier alpha value is -3.59. The molecule has 1 atom stereocenters. The quantitative estimate of drug-likeness (QED) is 0.422. The summed E-state index contributed by atoms with van der Waals surface area (Å²) in [6.45, 7) is 1.83. The summed E-state index contributed by atoms with van der Waals surface area (Å²) < 4.78 is 44.8. The molecule has 0 saturated heterocycles. The third-order valence-corrected chi connectivity index (χ3v) is 5.25.